The van der Waals surface area contributed by atoms with E-state index in [0.29, 0.717) is 0 Å². The minimum atomic E-state index is -0.662. The number of amides is 1. The second-order valence-corrected chi connectivity index (χ2v) is 1.73. The maximum Gasteiger partial charge on any atom is 0.407 e. The lowest BCUT2D eigenvalue weighted by atomic mass is 10.6. The average molecular weight is 172 g/mol. The second-order valence-electron chi connectivity index (χ2n) is 1.73. The van der Waals surface area contributed by atoms with Crippen molar-refractivity contribution in [1.29, 1.82) is 0 Å². The highest BCUT2D eigenvalue weighted by molar-refractivity contribution is 5.81. The van der Waals surface area contributed by atoms with Crippen LogP contribution < -0.4 is 5.32 Å². The largest absolute Gasteiger partial charge is 0.461 e. The van der Waals surface area contributed by atoms with Crippen LogP contribution >= 0.6 is 0 Å². The van der Waals surface area contributed by atoms with Gasteiger partial charge in [0.15, 0.2) is 0 Å². The van der Waals surface area contributed by atoms with Crippen LogP contribution in [0.5, 0.6) is 0 Å². The molecule has 0 aromatic carbocycles. The fourth-order valence-electron chi connectivity index (χ4n) is 0.415. The summed E-state index contributed by atoms with van der Waals surface area (Å²) >= 11 is 0. The molecular formula is C7H10NO4. The van der Waals surface area contributed by atoms with E-state index in [1.54, 1.807) is 0 Å². The molecule has 0 aromatic rings. The normalized spacial score (nSPS) is 8.42. The molecule has 0 aliphatic carbocycles. The highest BCUT2D eigenvalue weighted by Gasteiger charge is 1.98. The Bertz CT molecular complexity index is 178. The molecule has 0 fully saturated rings. The molecule has 0 aliphatic heterocycles. The number of rotatable bonds is 4. The van der Waals surface area contributed by atoms with E-state index in [4.69, 9.17) is 0 Å². The van der Waals surface area contributed by atoms with Gasteiger partial charge in [-0.05, 0) is 0 Å². The molecule has 0 saturated carbocycles. The molecule has 12 heavy (non-hydrogen) atoms. The van der Waals surface area contributed by atoms with Crippen molar-refractivity contribution in [2.45, 2.75) is 0 Å². The van der Waals surface area contributed by atoms with Crippen LogP contribution in [0.15, 0.2) is 12.7 Å². The van der Waals surface area contributed by atoms with Crippen LogP contribution in [0.1, 0.15) is 0 Å². The van der Waals surface area contributed by atoms with Gasteiger partial charge in [0.25, 0.3) is 0 Å². The summed E-state index contributed by atoms with van der Waals surface area (Å²) in [4.78, 5) is 20.8. The molecule has 67 valence electrons. The molecule has 0 saturated heterocycles. The smallest absolute Gasteiger partial charge is 0.407 e. The first-order valence-corrected chi connectivity index (χ1v) is 3.19. The molecule has 0 aromatic heterocycles. The highest BCUT2D eigenvalue weighted by Crippen LogP contribution is 1.78. The summed E-state index contributed by atoms with van der Waals surface area (Å²) in [5.41, 5.74) is 0. The van der Waals surface area contributed by atoms with Gasteiger partial charge >= 0.3 is 12.1 Å². The third kappa shape index (κ3) is 5.28. The van der Waals surface area contributed by atoms with E-state index in [1.807, 2.05) is 0 Å². The minimum absolute atomic E-state index is 0.0833. The molecule has 5 heteroatoms. The van der Waals surface area contributed by atoms with Crippen LogP contribution in [-0.4, -0.2) is 25.2 Å². The van der Waals surface area contributed by atoms with Crippen LogP contribution in [0.4, 0.5) is 4.79 Å². The van der Waals surface area contributed by atoms with Crippen molar-refractivity contribution >= 4 is 12.1 Å². The summed E-state index contributed by atoms with van der Waals surface area (Å²) in [5.74, 6) is -0.528. The third-order valence-electron chi connectivity index (χ3n) is 0.913. The van der Waals surface area contributed by atoms with Crippen molar-refractivity contribution in [3.8, 4) is 0 Å². The molecule has 0 atom stereocenters. The maximum atomic E-state index is 10.4. The van der Waals surface area contributed by atoms with Crippen molar-refractivity contribution in [1.82, 2.24) is 5.32 Å². The van der Waals surface area contributed by atoms with Gasteiger partial charge in [-0.2, -0.15) is 0 Å². The van der Waals surface area contributed by atoms with Crippen molar-refractivity contribution in [2.24, 2.45) is 0 Å². The molecule has 0 rings (SSSR count). The summed E-state index contributed by atoms with van der Waals surface area (Å²) in [5, 5.41) is 2.28. The van der Waals surface area contributed by atoms with Gasteiger partial charge in [0, 0.05) is 6.08 Å². The number of hydrogen-bond acceptors (Lipinski definition) is 4. The Morgan fingerprint density at radius 3 is 2.67 bits per heavy atom. The molecule has 0 aliphatic rings. The van der Waals surface area contributed by atoms with Gasteiger partial charge in [0.1, 0.15) is 13.7 Å². The van der Waals surface area contributed by atoms with Crippen molar-refractivity contribution in [2.75, 3.05) is 13.2 Å². The number of ether oxygens (including phenoxy) is 2. The predicted octanol–water partition coefficient (Wildman–Crippen LogP) is 0.233. The van der Waals surface area contributed by atoms with Crippen LogP contribution in [0.3, 0.4) is 0 Å². The third-order valence-corrected chi connectivity index (χ3v) is 0.913. The van der Waals surface area contributed by atoms with E-state index >= 15 is 0 Å². The van der Waals surface area contributed by atoms with Crippen molar-refractivity contribution in [3.63, 3.8) is 0 Å². The first-order valence-electron chi connectivity index (χ1n) is 3.19. The quantitative estimate of drug-likeness (QED) is 0.374. The molecule has 0 bridgehead atoms. The van der Waals surface area contributed by atoms with Gasteiger partial charge < -0.3 is 14.8 Å². The fraction of sp³-hybridized carbons (Fsp3) is 0.286. The number of carbonyl (C=O) groups excluding carboxylic acids is 2. The SMILES string of the molecule is [CH2]OC(=O)NCCOC(=O)C=C. The summed E-state index contributed by atoms with van der Waals surface area (Å²) in [6.45, 7) is 3.47. The topological polar surface area (TPSA) is 64.6 Å². The molecule has 1 amide bonds. The lowest BCUT2D eigenvalue weighted by molar-refractivity contribution is -0.137. The van der Waals surface area contributed by atoms with E-state index in [-0.39, 0.29) is 13.2 Å². The van der Waals surface area contributed by atoms with E-state index in [0.717, 1.165) is 6.08 Å². The van der Waals surface area contributed by atoms with Gasteiger partial charge in [-0.1, -0.05) is 6.58 Å². The number of esters is 1. The Morgan fingerprint density at radius 2 is 2.17 bits per heavy atom. The maximum absolute atomic E-state index is 10.4. The molecular weight excluding hydrogens is 162 g/mol. The van der Waals surface area contributed by atoms with Gasteiger partial charge in [-0.25, -0.2) is 9.59 Å². The first kappa shape index (κ1) is 10.5. The number of hydrogen-bond donors (Lipinski definition) is 1. The Labute approximate surface area is 70.3 Å². The first-order chi connectivity index (χ1) is 5.70. The molecule has 0 spiro atoms. The molecule has 5 nitrogen and oxygen atoms in total. The summed E-state index contributed by atoms with van der Waals surface area (Å²) < 4.78 is 8.56. The zero-order valence-corrected chi connectivity index (χ0v) is 6.54. The molecule has 1 radical (unpaired) electrons. The van der Waals surface area contributed by atoms with Crippen molar-refractivity contribution in [3.05, 3.63) is 19.8 Å². The Balaban J connectivity index is 3.27. The van der Waals surface area contributed by atoms with E-state index in [9.17, 15) is 9.59 Å². The minimum Gasteiger partial charge on any atom is -0.461 e. The lowest BCUT2D eigenvalue weighted by Gasteiger charge is -2.02. The molecule has 0 heterocycles. The van der Waals surface area contributed by atoms with Crippen LogP contribution in [0, 0.1) is 7.11 Å². The Kier molecular flexibility index (Phi) is 5.42. The summed E-state index contributed by atoms with van der Waals surface area (Å²) in [7, 11) is 2.88. The standard InChI is InChI=1S/C7H10NO4/c1-3-6(9)12-5-4-8-7(10)11-2/h3H,1-2,4-5H2,(H,8,10). The van der Waals surface area contributed by atoms with Gasteiger partial charge in [-0.3, -0.25) is 0 Å². The predicted molar refractivity (Wildman–Crippen MR) is 41.0 cm³/mol. The number of carbonyl (C=O) groups is 2. The Hall–Kier alpha value is -1.52. The fourth-order valence-corrected chi connectivity index (χ4v) is 0.415. The number of nitrogens with one attached hydrogen (secondary N) is 1. The average Bonchev–Trinajstić information content (AvgIpc) is 2.11. The van der Waals surface area contributed by atoms with E-state index < -0.39 is 12.1 Å². The zero-order valence-electron chi connectivity index (χ0n) is 6.54. The van der Waals surface area contributed by atoms with Crippen LogP contribution in [0.2, 0.25) is 0 Å². The zero-order chi connectivity index (χ0) is 9.40. The highest BCUT2D eigenvalue weighted by atomic mass is 16.5. The van der Waals surface area contributed by atoms with E-state index in [1.165, 1.54) is 0 Å². The Morgan fingerprint density at radius 1 is 1.50 bits per heavy atom. The lowest BCUT2D eigenvalue weighted by Crippen LogP contribution is -2.27. The molecule has 0 unspecified atom stereocenters. The van der Waals surface area contributed by atoms with Crippen LogP contribution in [-0.2, 0) is 14.3 Å². The summed E-state index contributed by atoms with van der Waals surface area (Å²) in [6.07, 6.45) is 0.379. The van der Waals surface area contributed by atoms with Gasteiger partial charge in [0.05, 0.1) is 6.54 Å². The number of alkyl carbamates (subject to hydrolysis) is 1. The molecule has 1 N–H and O–H groups in total. The van der Waals surface area contributed by atoms with Crippen molar-refractivity contribution < 1.29 is 19.1 Å². The van der Waals surface area contributed by atoms with E-state index in [2.05, 4.69) is 28.5 Å². The monoisotopic (exact) mass is 172 g/mol. The van der Waals surface area contributed by atoms with Gasteiger partial charge in [-0.15, -0.1) is 0 Å². The summed E-state index contributed by atoms with van der Waals surface area (Å²) in [6, 6.07) is 0. The van der Waals surface area contributed by atoms with Crippen LogP contribution in [0.25, 0.3) is 0 Å². The second kappa shape index (κ2) is 6.21. The van der Waals surface area contributed by atoms with Gasteiger partial charge in [0.2, 0.25) is 0 Å².